The number of ether oxygens (including phenoxy) is 1. The Morgan fingerprint density at radius 2 is 1.86 bits per heavy atom. The number of nitriles is 1. The molecule has 2 N–H and O–H groups in total. The van der Waals surface area contributed by atoms with E-state index in [9.17, 15) is 9.59 Å². The maximum Gasteiger partial charge on any atom is 0.340 e. The number of carbonyl (C=O) groups excluding carboxylic acids is 2. The number of para-hydroxylation sites is 2. The Hall–Kier alpha value is -3.63. The van der Waals surface area contributed by atoms with Gasteiger partial charge < -0.3 is 19.7 Å². The minimum absolute atomic E-state index is 0.0717. The third kappa shape index (κ3) is 4.62. The molecule has 3 aromatic rings. The zero-order valence-corrected chi connectivity index (χ0v) is 15.8. The summed E-state index contributed by atoms with van der Waals surface area (Å²) in [4.78, 5) is 25.2. The lowest BCUT2D eigenvalue weighted by Gasteiger charge is -2.10. The van der Waals surface area contributed by atoms with Gasteiger partial charge in [0.05, 0.1) is 24.7 Å². The molecule has 0 spiro atoms. The fourth-order valence-corrected chi connectivity index (χ4v) is 3.12. The molecule has 0 unspecified atom stereocenters. The zero-order valence-electron chi connectivity index (χ0n) is 15.8. The van der Waals surface area contributed by atoms with Gasteiger partial charge >= 0.3 is 5.97 Å². The Morgan fingerprint density at radius 1 is 1.10 bits per heavy atom. The van der Waals surface area contributed by atoms with E-state index in [-0.39, 0.29) is 19.0 Å². The Kier molecular flexibility index (Phi) is 6.61. The van der Waals surface area contributed by atoms with Gasteiger partial charge in [-0.2, -0.15) is 5.26 Å². The molecular weight excluding hydrogens is 370 g/mol. The van der Waals surface area contributed by atoms with Crippen molar-refractivity contribution in [3.05, 3.63) is 65.9 Å². The van der Waals surface area contributed by atoms with Crippen LogP contribution in [-0.4, -0.2) is 41.2 Å². The van der Waals surface area contributed by atoms with Crippen LogP contribution in [0.2, 0.25) is 0 Å². The average Bonchev–Trinajstić information content (AvgIpc) is 3.13. The van der Waals surface area contributed by atoms with Crippen molar-refractivity contribution in [3.8, 4) is 6.07 Å². The predicted octanol–water partition coefficient (Wildman–Crippen LogP) is 3.00. The average molecular weight is 391 g/mol. The molecule has 0 atom stereocenters. The van der Waals surface area contributed by atoms with E-state index in [1.54, 1.807) is 30.5 Å². The molecule has 7 heteroatoms. The first-order chi connectivity index (χ1) is 14.2. The van der Waals surface area contributed by atoms with Crippen LogP contribution in [0.5, 0.6) is 0 Å². The molecule has 0 bridgehead atoms. The molecule has 148 valence electrons. The minimum atomic E-state index is -0.618. The summed E-state index contributed by atoms with van der Waals surface area (Å²) in [5.74, 6) is -0.932. The number of aliphatic hydroxyl groups excluding tert-OH is 1. The van der Waals surface area contributed by atoms with Crippen molar-refractivity contribution in [2.45, 2.75) is 13.0 Å². The number of aryl methyl sites for hydroxylation is 1. The number of hydrogen-bond acceptors (Lipinski definition) is 6. The van der Waals surface area contributed by atoms with Crippen molar-refractivity contribution in [3.63, 3.8) is 0 Å². The highest BCUT2D eigenvalue weighted by Gasteiger charge is 2.18. The van der Waals surface area contributed by atoms with Crippen molar-refractivity contribution in [2.24, 2.45) is 0 Å². The second-order valence-electron chi connectivity index (χ2n) is 6.36. The maximum absolute atomic E-state index is 12.7. The molecule has 0 aliphatic heterocycles. The lowest BCUT2D eigenvalue weighted by molar-refractivity contribution is 0.0476. The Bertz CT molecular complexity index is 1070. The van der Waals surface area contributed by atoms with E-state index in [0.29, 0.717) is 36.3 Å². The van der Waals surface area contributed by atoms with Gasteiger partial charge in [-0.05, 0) is 18.2 Å². The quantitative estimate of drug-likeness (QED) is 0.429. The highest BCUT2D eigenvalue weighted by Crippen LogP contribution is 2.23. The second kappa shape index (κ2) is 9.53. The summed E-state index contributed by atoms with van der Waals surface area (Å²) in [6.07, 6.45) is 2.04. The van der Waals surface area contributed by atoms with Crippen LogP contribution in [0.3, 0.4) is 0 Å². The van der Waals surface area contributed by atoms with Gasteiger partial charge in [0.25, 0.3) is 0 Å². The SMILES string of the molecule is N#CCCn1cc(C(=O)COC(=O)c2ccccc2NCCO)c2ccccc21. The van der Waals surface area contributed by atoms with E-state index in [4.69, 9.17) is 15.1 Å². The lowest BCUT2D eigenvalue weighted by atomic mass is 10.1. The van der Waals surface area contributed by atoms with Crippen LogP contribution in [0.15, 0.2) is 54.7 Å². The van der Waals surface area contributed by atoms with Gasteiger partial charge in [-0.25, -0.2) is 4.79 Å². The largest absolute Gasteiger partial charge is 0.454 e. The molecule has 3 rings (SSSR count). The molecule has 0 aliphatic rings. The normalized spacial score (nSPS) is 10.5. The molecule has 0 fully saturated rings. The van der Waals surface area contributed by atoms with Crippen LogP contribution >= 0.6 is 0 Å². The number of rotatable bonds is 9. The van der Waals surface area contributed by atoms with Gasteiger partial charge in [-0.15, -0.1) is 0 Å². The zero-order chi connectivity index (χ0) is 20.6. The van der Waals surface area contributed by atoms with Crippen LogP contribution in [0.25, 0.3) is 10.9 Å². The van der Waals surface area contributed by atoms with Gasteiger partial charge in [0.1, 0.15) is 0 Å². The maximum atomic E-state index is 12.7. The number of aromatic nitrogens is 1. The first-order valence-corrected chi connectivity index (χ1v) is 9.24. The summed E-state index contributed by atoms with van der Waals surface area (Å²) in [6, 6.07) is 16.3. The summed E-state index contributed by atoms with van der Waals surface area (Å²) in [5, 5.41) is 21.5. The summed E-state index contributed by atoms with van der Waals surface area (Å²) in [5.41, 5.74) is 2.14. The van der Waals surface area contributed by atoms with Crippen LogP contribution in [-0.2, 0) is 11.3 Å². The summed E-state index contributed by atoms with van der Waals surface area (Å²) >= 11 is 0. The van der Waals surface area contributed by atoms with Crippen LogP contribution in [0.4, 0.5) is 5.69 Å². The molecule has 2 aromatic carbocycles. The molecule has 1 heterocycles. The summed E-state index contributed by atoms with van der Waals surface area (Å²) in [6.45, 7) is 0.316. The fourth-order valence-electron chi connectivity index (χ4n) is 3.12. The number of hydrogen-bond donors (Lipinski definition) is 2. The smallest absolute Gasteiger partial charge is 0.340 e. The number of carbonyl (C=O) groups is 2. The van der Waals surface area contributed by atoms with E-state index in [2.05, 4.69) is 11.4 Å². The van der Waals surface area contributed by atoms with Crippen LogP contribution in [0.1, 0.15) is 27.1 Å². The minimum Gasteiger partial charge on any atom is -0.454 e. The molecular formula is C22H21N3O4. The molecule has 0 radical (unpaired) electrons. The highest BCUT2D eigenvalue weighted by atomic mass is 16.5. The van der Waals surface area contributed by atoms with Crippen molar-refractivity contribution >= 4 is 28.3 Å². The van der Waals surface area contributed by atoms with Gasteiger partial charge in [0, 0.05) is 41.4 Å². The third-order valence-corrected chi connectivity index (χ3v) is 4.46. The highest BCUT2D eigenvalue weighted by molar-refractivity contribution is 6.09. The van der Waals surface area contributed by atoms with Gasteiger partial charge in [-0.1, -0.05) is 30.3 Å². The Balaban J connectivity index is 1.75. The molecule has 1 aromatic heterocycles. The monoisotopic (exact) mass is 391 g/mol. The lowest BCUT2D eigenvalue weighted by Crippen LogP contribution is -2.16. The van der Waals surface area contributed by atoms with Gasteiger partial charge in [0.15, 0.2) is 6.61 Å². The fraction of sp³-hybridized carbons (Fsp3) is 0.227. The molecule has 0 amide bonds. The molecule has 7 nitrogen and oxygen atoms in total. The van der Waals surface area contributed by atoms with Gasteiger partial charge in [0.2, 0.25) is 5.78 Å². The van der Waals surface area contributed by atoms with Crippen molar-refractivity contribution in [1.29, 1.82) is 5.26 Å². The first kappa shape index (κ1) is 20.1. The van der Waals surface area contributed by atoms with Crippen LogP contribution < -0.4 is 5.32 Å². The summed E-state index contributed by atoms with van der Waals surface area (Å²) in [7, 11) is 0. The van der Waals surface area contributed by atoms with Crippen LogP contribution in [0, 0.1) is 11.3 Å². The molecule has 0 saturated heterocycles. The Morgan fingerprint density at radius 3 is 2.66 bits per heavy atom. The number of aliphatic hydroxyl groups is 1. The van der Waals surface area contributed by atoms with Crippen molar-refractivity contribution < 1.29 is 19.4 Å². The topological polar surface area (TPSA) is 104 Å². The van der Waals surface area contributed by atoms with Crippen molar-refractivity contribution in [2.75, 3.05) is 25.1 Å². The predicted molar refractivity (Wildman–Crippen MR) is 109 cm³/mol. The van der Waals surface area contributed by atoms with E-state index in [1.807, 2.05) is 28.8 Å². The third-order valence-electron chi connectivity index (χ3n) is 4.46. The second-order valence-corrected chi connectivity index (χ2v) is 6.36. The number of esters is 1. The number of nitrogens with zero attached hydrogens (tertiary/aromatic N) is 2. The molecule has 0 aliphatic carbocycles. The van der Waals surface area contributed by atoms with E-state index < -0.39 is 5.97 Å². The molecule has 0 saturated carbocycles. The number of nitrogens with one attached hydrogen (secondary N) is 1. The first-order valence-electron chi connectivity index (χ1n) is 9.24. The standard InChI is InChI=1S/C22H21N3O4/c23-10-5-12-25-14-18(16-6-2-4-9-20(16)25)21(27)15-29-22(28)17-7-1-3-8-19(17)24-11-13-26/h1-4,6-9,14,24,26H,5,11-13,15H2. The number of benzene rings is 2. The number of ketones is 1. The number of anilines is 1. The van der Waals surface area contributed by atoms with Crippen molar-refractivity contribution in [1.82, 2.24) is 4.57 Å². The van der Waals surface area contributed by atoms with E-state index >= 15 is 0 Å². The van der Waals surface area contributed by atoms with E-state index in [0.717, 1.165) is 10.9 Å². The Labute approximate surface area is 168 Å². The molecule has 29 heavy (non-hydrogen) atoms. The summed E-state index contributed by atoms with van der Waals surface area (Å²) < 4.78 is 7.11. The number of Topliss-reactive ketones (excluding diaryl/α,β-unsaturated/α-hetero) is 1. The van der Waals surface area contributed by atoms with E-state index in [1.165, 1.54) is 0 Å². The van der Waals surface area contributed by atoms with Gasteiger partial charge in [-0.3, -0.25) is 4.79 Å². The number of fused-ring (bicyclic) bond motifs is 1.